The Labute approximate surface area is 145 Å². The molecule has 8 nitrogen and oxygen atoms in total. The first-order chi connectivity index (χ1) is 12.0. The Balaban J connectivity index is 1.96. The highest BCUT2D eigenvalue weighted by atomic mass is 16.4. The molecule has 0 aromatic carbocycles. The van der Waals surface area contributed by atoms with E-state index in [0.717, 1.165) is 39.1 Å². The number of rotatable bonds is 5. The molecule has 0 bridgehead atoms. The number of fused-ring (bicyclic) bond motifs is 1. The van der Waals surface area contributed by atoms with Crippen LogP contribution in [0, 0.1) is 0 Å². The number of carboxylic acid groups (broad SMARTS) is 1. The van der Waals surface area contributed by atoms with Gasteiger partial charge < -0.3 is 14.6 Å². The normalized spacial score (nSPS) is 15.7. The number of piperazine rings is 1. The first-order valence-electron chi connectivity index (χ1n) is 8.66. The smallest absolute Gasteiger partial charge is 0.341 e. The van der Waals surface area contributed by atoms with Crippen LogP contribution in [0.3, 0.4) is 0 Å². The highest BCUT2D eigenvalue weighted by Crippen LogP contribution is 2.16. The summed E-state index contributed by atoms with van der Waals surface area (Å²) in [6.45, 7) is 9.30. The van der Waals surface area contributed by atoms with Crippen molar-refractivity contribution in [1.29, 1.82) is 0 Å². The lowest BCUT2D eigenvalue weighted by Crippen LogP contribution is -2.47. The fourth-order valence-corrected chi connectivity index (χ4v) is 3.20. The number of hydrogen-bond donors (Lipinski definition) is 1. The first-order valence-corrected chi connectivity index (χ1v) is 8.66. The van der Waals surface area contributed by atoms with Gasteiger partial charge in [0.15, 0.2) is 0 Å². The fourth-order valence-electron chi connectivity index (χ4n) is 3.20. The molecule has 1 aliphatic rings. The average Bonchev–Trinajstić information content (AvgIpc) is 2.62. The lowest BCUT2D eigenvalue weighted by molar-refractivity contribution is 0.0695. The van der Waals surface area contributed by atoms with Crippen LogP contribution in [0.4, 0.5) is 5.95 Å². The maximum absolute atomic E-state index is 12.3. The zero-order chi connectivity index (χ0) is 18.0. The summed E-state index contributed by atoms with van der Waals surface area (Å²) in [6, 6.07) is 0. The van der Waals surface area contributed by atoms with Crippen LogP contribution in [0.1, 0.15) is 30.6 Å². The molecule has 25 heavy (non-hydrogen) atoms. The molecule has 2 aromatic heterocycles. The van der Waals surface area contributed by atoms with Crippen molar-refractivity contribution in [2.45, 2.75) is 26.8 Å². The van der Waals surface area contributed by atoms with E-state index in [0.29, 0.717) is 18.1 Å². The van der Waals surface area contributed by atoms with Crippen molar-refractivity contribution in [1.82, 2.24) is 19.4 Å². The summed E-state index contributed by atoms with van der Waals surface area (Å²) in [5, 5.41) is 9.45. The third-order valence-electron chi connectivity index (χ3n) is 4.57. The summed E-state index contributed by atoms with van der Waals surface area (Å²) >= 11 is 0. The maximum Gasteiger partial charge on any atom is 0.341 e. The number of nitrogens with zero attached hydrogens (tertiary/aromatic N) is 5. The van der Waals surface area contributed by atoms with Crippen LogP contribution in [0.15, 0.2) is 17.2 Å². The second kappa shape index (κ2) is 7.18. The second-order valence-corrected chi connectivity index (χ2v) is 6.20. The van der Waals surface area contributed by atoms with Gasteiger partial charge in [-0.2, -0.15) is 4.98 Å². The summed E-state index contributed by atoms with van der Waals surface area (Å²) in [5.41, 5.74) is -0.302. The molecule has 0 unspecified atom stereocenters. The molecule has 0 spiro atoms. The van der Waals surface area contributed by atoms with E-state index in [2.05, 4.69) is 26.7 Å². The lowest BCUT2D eigenvalue weighted by atomic mass is 10.2. The van der Waals surface area contributed by atoms with Crippen molar-refractivity contribution >= 4 is 23.0 Å². The Kier molecular flexibility index (Phi) is 4.98. The standard InChI is InChI=1S/C17H23N5O3/c1-3-5-20-6-8-22(9-7-20)17-18-10-12-14(23)13(16(24)25)11-21(4-2)15(12)19-17/h10-11H,3-9H2,1-2H3,(H,24,25). The predicted octanol–water partition coefficient (Wildman–Crippen LogP) is 1.04. The Hall–Kier alpha value is -2.48. The Bertz CT molecular complexity index is 840. The largest absolute Gasteiger partial charge is 0.477 e. The molecule has 0 atom stereocenters. The molecule has 134 valence electrons. The number of aromatic carboxylic acids is 1. The first kappa shape index (κ1) is 17.3. The highest BCUT2D eigenvalue weighted by molar-refractivity contribution is 5.91. The predicted molar refractivity (Wildman–Crippen MR) is 95.4 cm³/mol. The van der Waals surface area contributed by atoms with Crippen LogP contribution in [0.25, 0.3) is 11.0 Å². The molecule has 8 heteroatoms. The molecule has 1 N–H and O–H groups in total. The third-order valence-corrected chi connectivity index (χ3v) is 4.57. The Morgan fingerprint density at radius 1 is 1.24 bits per heavy atom. The van der Waals surface area contributed by atoms with Crippen molar-refractivity contribution < 1.29 is 9.90 Å². The molecule has 3 heterocycles. The van der Waals surface area contributed by atoms with Gasteiger partial charge in [0, 0.05) is 45.1 Å². The van der Waals surface area contributed by atoms with Gasteiger partial charge in [0.25, 0.3) is 0 Å². The fraction of sp³-hybridized carbons (Fsp3) is 0.529. The van der Waals surface area contributed by atoms with Crippen molar-refractivity contribution in [3.63, 3.8) is 0 Å². The number of aryl methyl sites for hydroxylation is 1. The second-order valence-electron chi connectivity index (χ2n) is 6.20. The van der Waals surface area contributed by atoms with Crippen LogP contribution in [-0.4, -0.2) is 63.2 Å². The van der Waals surface area contributed by atoms with E-state index in [4.69, 9.17) is 0 Å². The van der Waals surface area contributed by atoms with E-state index >= 15 is 0 Å². The summed E-state index contributed by atoms with van der Waals surface area (Å²) < 4.78 is 1.69. The minimum Gasteiger partial charge on any atom is -0.477 e. The molecule has 0 aliphatic carbocycles. The average molecular weight is 345 g/mol. The van der Waals surface area contributed by atoms with Crippen LogP contribution >= 0.6 is 0 Å². The molecule has 1 saturated heterocycles. The number of carboxylic acids is 1. The van der Waals surface area contributed by atoms with Gasteiger partial charge in [-0.15, -0.1) is 0 Å². The number of hydrogen-bond acceptors (Lipinski definition) is 6. The van der Waals surface area contributed by atoms with Gasteiger partial charge in [0.2, 0.25) is 11.4 Å². The van der Waals surface area contributed by atoms with Gasteiger partial charge in [-0.1, -0.05) is 6.92 Å². The summed E-state index contributed by atoms with van der Waals surface area (Å²) in [6.07, 6.45) is 3.96. The van der Waals surface area contributed by atoms with Crippen molar-refractivity contribution in [2.75, 3.05) is 37.6 Å². The number of pyridine rings is 1. The Morgan fingerprint density at radius 3 is 2.56 bits per heavy atom. The van der Waals surface area contributed by atoms with Crippen molar-refractivity contribution in [3.05, 3.63) is 28.2 Å². The van der Waals surface area contributed by atoms with Crippen molar-refractivity contribution in [2.24, 2.45) is 0 Å². The topological polar surface area (TPSA) is 91.6 Å². The van der Waals surface area contributed by atoms with E-state index in [-0.39, 0.29) is 10.9 Å². The van der Waals surface area contributed by atoms with Gasteiger partial charge in [0.05, 0.1) is 5.39 Å². The molecule has 1 fully saturated rings. The van der Waals surface area contributed by atoms with Gasteiger partial charge >= 0.3 is 5.97 Å². The molecule has 2 aromatic rings. The lowest BCUT2D eigenvalue weighted by Gasteiger charge is -2.34. The third kappa shape index (κ3) is 3.34. The molecule has 0 amide bonds. The Morgan fingerprint density at radius 2 is 1.96 bits per heavy atom. The molecule has 3 rings (SSSR count). The number of anilines is 1. The molecular formula is C17H23N5O3. The maximum atomic E-state index is 12.3. The molecule has 1 aliphatic heterocycles. The number of carbonyl (C=O) groups is 1. The zero-order valence-corrected chi connectivity index (χ0v) is 14.6. The van der Waals surface area contributed by atoms with Crippen LogP contribution in [0.2, 0.25) is 0 Å². The van der Waals surface area contributed by atoms with Gasteiger partial charge in [-0.25, -0.2) is 9.78 Å². The van der Waals surface area contributed by atoms with E-state index < -0.39 is 11.4 Å². The van der Waals surface area contributed by atoms with Gasteiger partial charge in [-0.3, -0.25) is 9.69 Å². The van der Waals surface area contributed by atoms with Crippen LogP contribution < -0.4 is 10.3 Å². The van der Waals surface area contributed by atoms with E-state index in [9.17, 15) is 14.7 Å². The van der Waals surface area contributed by atoms with Gasteiger partial charge in [0.1, 0.15) is 11.2 Å². The van der Waals surface area contributed by atoms with E-state index in [1.54, 1.807) is 4.57 Å². The molecular weight excluding hydrogens is 322 g/mol. The van der Waals surface area contributed by atoms with E-state index in [1.165, 1.54) is 12.4 Å². The van der Waals surface area contributed by atoms with Crippen LogP contribution in [-0.2, 0) is 6.54 Å². The summed E-state index contributed by atoms with van der Waals surface area (Å²) in [7, 11) is 0. The molecule has 0 saturated carbocycles. The highest BCUT2D eigenvalue weighted by Gasteiger charge is 2.21. The number of aromatic nitrogens is 3. The van der Waals surface area contributed by atoms with Crippen molar-refractivity contribution in [3.8, 4) is 0 Å². The minimum absolute atomic E-state index is 0.245. The quantitative estimate of drug-likeness (QED) is 0.866. The van der Waals surface area contributed by atoms with E-state index in [1.807, 2.05) is 6.92 Å². The SMILES string of the molecule is CCCN1CCN(c2ncc3c(=O)c(C(=O)O)cn(CC)c3n2)CC1. The zero-order valence-electron chi connectivity index (χ0n) is 14.6. The van der Waals surface area contributed by atoms with Gasteiger partial charge in [-0.05, 0) is 19.9 Å². The molecule has 0 radical (unpaired) electrons. The van der Waals surface area contributed by atoms with Crippen LogP contribution in [0.5, 0.6) is 0 Å². The monoisotopic (exact) mass is 345 g/mol. The minimum atomic E-state index is -1.23. The summed E-state index contributed by atoms with van der Waals surface area (Å²) in [4.78, 5) is 37.0. The summed E-state index contributed by atoms with van der Waals surface area (Å²) in [5.74, 6) is -0.640.